The molecule has 2 saturated heterocycles. The second-order valence-electron chi connectivity index (χ2n) is 8.70. The van der Waals surface area contributed by atoms with Gasteiger partial charge >= 0.3 is 0 Å². The first-order chi connectivity index (χ1) is 10.9. The highest BCUT2D eigenvalue weighted by Crippen LogP contribution is 2.43. The van der Waals surface area contributed by atoms with Crippen LogP contribution in [0.5, 0.6) is 0 Å². The third-order valence-electron chi connectivity index (χ3n) is 4.39. The number of hydrogen-bond donors (Lipinski definition) is 2. The van der Waals surface area contributed by atoms with Crippen LogP contribution in [0.1, 0.15) is 48.5 Å². The Bertz CT molecular complexity index is 466. The zero-order chi connectivity index (χ0) is 18.3. The number of fused-ring (bicyclic) bond motifs is 2. The van der Waals surface area contributed by atoms with Crippen molar-refractivity contribution in [2.45, 2.75) is 90.0 Å². The second-order valence-corrected chi connectivity index (χ2v) is 8.70. The first-order valence-electron chi connectivity index (χ1n) is 9.03. The fourth-order valence-electron chi connectivity index (χ4n) is 3.62. The number of nitrogens with one attached hydrogen (secondary N) is 2. The Kier molecular flexibility index (Phi) is 5.57. The smallest absolute Gasteiger partial charge is 0.191 e. The van der Waals surface area contributed by atoms with E-state index >= 15 is 0 Å². The van der Waals surface area contributed by atoms with E-state index in [1.807, 2.05) is 27.7 Å². The third kappa shape index (κ3) is 4.06. The number of likely N-dealkylation sites (tertiary alicyclic amines) is 1. The van der Waals surface area contributed by atoms with E-state index in [1.165, 1.54) is 0 Å². The molecule has 138 valence electrons. The standard InChI is InChI=1S/C17H34BN3O3/c1-10(2)22-9-17-8-21(15(19)20-16(5,6)7)12(14(18)24-17)13(17)23-11(3)4/h10-14H,8-9,18H2,1-7H3,(H2,19,20)/t12?,13?,14-,17+/m1/s1. The fraction of sp³-hybridized carbons (Fsp3) is 0.941. The number of hydrogen-bond acceptors (Lipinski definition) is 4. The van der Waals surface area contributed by atoms with Gasteiger partial charge in [0.05, 0.1) is 31.4 Å². The number of morpholine rings is 1. The summed E-state index contributed by atoms with van der Waals surface area (Å²) < 4.78 is 18.5. The molecule has 2 unspecified atom stereocenters. The van der Waals surface area contributed by atoms with E-state index in [4.69, 9.17) is 19.6 Å². The van der Waals surface area contributed by atoms with Gasteiger partial charge in [-0.05, 0) is 48.5 Å². The van der Waals surface area contributed by atoms with Crippen LogP contribution >= 0.6 is 0 Å². The summed E-state index contributed by atoms with van der Waals surface area (Å²) in [5, 5.41) is 11.8. The quantitative estimate of drug-likeness (QED) is 0.443. The lowest BCUT2D eigenvalue weighted by Gasteiger charge is -2.39. The van der Waals surface area contributed by atoms with Crippen molar-refractivity contribution in [1.82, 2.24) is 10.2 Å². The lowest BCUT2D eigenvalue weighted by atomic mass is 9.90. The molecule has 0 spiro atoms. The van der Waals surface area contributed by atoms with Gasteiger partial charge < -0.3 is 24.4 Å². The summed E-state index contributed by atoms with van der Waals surface area (Å²) >= 11 is 0. The van der Waals surface area contributed by atoms with Crippen molar-refractivity contribution >= 4 is 13.8 Å². The minimum Gasteiger partial charge on any atom is -0.376 e. The topological polar surface area (TPSA) is 66.8 Å². The largest absolute Gasteiger partial charge is 0.376 e. The van der Waals surface area contributed by atoms with E-state index in [0.717, 1.165) is 0 Å². The normalized spacial score (nSPS) is 32.9. The Morgan fingerprint density at radius 2 is 1.96 bits per heavy atom. The Morgan fingerprint density at radius 3 is 2.46 bits per heavy atom. The molecule has 6 nitrogen and oxygen atoms in total. The van der Waals surface area contributed by atoms with Crippen molar-refractivity contribution in [3.8, 4) is 0 Å². The van der Waals surface area contributed by atoms with Gasteiger partial charge in [0.15, 0.2) is 5.96 Å². The first kappa shape index (κ1) is 19.5. The Morgan fingerprint density at radius 1 is 1.33 bits per heavy atom. The molecule has 2 heterocycles. The molecular weight excluding hydrogens is 305 g/mol. The molecule has 2 N–H and O–H groups in total. The summed E-state index contributed by atoms with van der Waals surface area (Å²) in [6.45, 7) is 15.4. The molecular formula is C17H34BN3O3. The average molecular weight is 339 g/mol. The number of guanidine groups is 1. The van der Waals surface area contributed by atoms with Gasteiger partial charge in [-0.15, -0.1) is 0 Å². The van der Waals surface area contributed by atoms with Gasteiger partial charge in [0.1, 0.15) is 19.6 Å². The van der Waals surface area contributed by atoms with Crippen LogP contribution in [-0.4, -0.2) is 73.4 Å². The molecule has 0 amide bonds. The summed E-state index contributed by atoms with van der Waals surface area (Å²) in [6, 6.07) is 0.0332. The van der Waals surface area contributed by atoms with Crippen molar-refractivity contribution in [2.24, 2.45) is 0 Å². The van der Waals surface area contributed by atoms with Crippen LogP contribution in [0.4, 0.5) is 0 Å². The Hall–Kier alpha value is -0.785. The molecule has 0 aliphatic carbocycles. The van der Waals surface area contributed by atoms with Crippen LogP contribution in [0.25, 0.3) is 0 Å². The van der Waals surface area contributed by atoms with Crippen LogP contribution < -0.4 is 5.32 Å². The Labute approximate surface area is 147 Å². The number of rotatable bonds is 5. The monoisotopic (exact) mass is 339 g/mol. The molecule has 0 radical (unpaired) electrons. The van der Waals surface area contributed by atoms with Crippen molar-refractivity contribution < 1.29 is 14.2 Å². The summed E-state index contributed by atoms with van der Waals surface area (Å²) in [4.78, 5) is 2.09. The average Bonchev–Trinajstić information content (AvgIpc) is 2.83. The summed E-state index contributed by atoms with van der Waals surface area (Å²) in [5.41, 5.74) is -0.663. The molecule has 2 aliphatic rings. The predicted octanol–water partition coefficient (Wildman–Crippen LogP) is 0.940. The third-order valence-corrected chi connectivity index (χ3v) is 4.39. The maximum Gasteiger partial charge on any atom is 0.191 e. The van der Waals surface area contributed by atoms with Gasteiger partial charge in [-0.3, -0.25) is 5.41 Å². The van der Waals surface area contributed by atoms with E-state index < -0.39 is 5.60 Å². The van der Waals surface area contributed by atoms with Crippen molar-refractivity contribution in [3.05, 3.63) is 0 Å². The van der Waals surface area contributed by atoms with Gasteiger partial charge in [-0.25, -0.2) is 0 Å². The van der Waals surface area contributed by atoms with Crippen LogP contribution in [-0.2, 0) is 14.2 Å². The highest BCUT2D eigenvalue weighted by Gasteiger charge is 2.64. The van der Waals surface area contributed by atoms with Gasteiger partial charge in [0.25, 0.3) is 0 Å². The molecule has 7 heteroatoms. The van der Waals surface area contributed by atoms with Gasteiger partial charge in [0.2, 0.25) is 0 Å². The highest BCUT2D eigenvalue weighted by molar-refractivity contribution is 6.12. The van der Waals surface area contributed by atoms with E-state index in [2.05, 4.69) is 38.8 Å². The maximum absolute atomic E-state index is 8.52. The molecule has 4 atom stereocenters. The van der Waals surface area contributed by atoms with E-state index in [1.54, 1.807) is 0 Å². The molecule has 0 saturated carbocycles. The van der Waals surface area contributed by atoms with Gasteiger partial charge in [-0.1, -0.05) is 0 Å². The summed E-state index contributed by atoms with van der Waals surface area (Å²) in [6.07, 6.45) is 0.154. The number of nitrogens with zero attached hydrogens (tertiary/aromatic N) is 1. The second kappa shape index (κ2) is 6.85. The van der Waals surface area contributed by atoms with Crippen LogP contribution in [0, 0.1) is 5.41 Å². The molecule has 0 aromatic heterocycles. The lowest BCUT2D eigenvalue weighted by Crippen LogP contribution is -2.57. The van der Waals surface area contributed by atoms with E-state index in [9.17, 15) is 0 Å². The van der Waals surface area contributed by atoms with Crippen molar-refractivity contribution in [1.29, 1.82) is 5.41 Å². The summed E-state index contributed by atoms with van der Waals surface area (Å²) in [7, 11) is 2.06. The summed E-state index contributed by atoms with van der Waals surface area (Å²) in [5.74, 6) is 0.437. The zero-order valence-electron chi connectivity index (χ0n) is 16.5. The minimum absolute atomic E-state index is 0.000352. The van der Waals surface area contributed by atoms with Crippen molar-refractivity contribution in [3.63, 3.8) is 0 Å². The van der Waals surface area contributed by atoms with E-state index in [-0.39, 0.29) is 35.9 Å². The van der Waals surface area contributed by atoms with Crippen molar-refractivity contribution in [2.75, 3.05) is 13.2 Å². The molecule has 0 aromatic rings. The molecule has 2 aliphatic heterocycles. The van der Waals surface area contributed by atoms with Gasteiger partial charge in [0, 0.05) is 11.5 Å². The minimum atomic E-state index is -0.509. The molecule has 0 aromatic carbocycles. The molecule has 2 fully saturated rings. The van der Waals surface area contributed by atoms with Crippen LogP contribution in [0.2, 0.25) is 0 Å². The number of ether oxygens (including phenoxy) is 3. The molecule has 2 bridgehead atoms. The van der Waals surface area contributed by atoms with Crippen LogP contribution in [0.3, 0.4) is 0 Å². The Balaban J connectivity index is 2.24. The fourth-order valence-corrected chi connectivity index (χ4v) is 3.62. The SMILES string of the molecule is B[C@@H]1O[C@]2(COC(C)C)CN(C(=N)NC(C)(C)C)C1C2OC(C)C. The first-order valence-corrected chi connectivity index (χ1v) is 9.03. The van der Waals surface area contributed by atoms with Gasteiger partial charge in [-0.2, -0.15) is 0 Å². The maximum atomic E-state index is 8.52. The van der Waals surface area contributed by atoms with Crippen LogP contribution in [0.15, 0.2) is 0 Å². The lowest BCUT2D eigenvalue weighted by molar-refractivity contribution is -0.142. The predicted molar refractivity (Wildman–Crippen MR) is 98.4 cm³/mol. The molecule has 2 rings (SSSR count). The zero-order valence-corrected chi connectivity index (χ0v) is 16.5. The molecule has 24 heavy (non-hydrogen) atoms. The van der Waals surface area contributed by atoms with E-state index in [0.29, 0.717) is 19.1 Å². The highest BCUT2D eigenvalue weighted by atomic mass is 16.6.